The molecule has 0 aliphatic rings. The van der Waals surface area contributed by atoms with Crippen LogP contribution in [0.25, 0.3) is 0 Å². The second-order valence-electron chi connectivity index (χ2n) is 1.79. The van der Waals surface area contributed by atoms with Crippen LogP contribution in [0.5, 0.6) is 6.01 Å². The Kier molecular flexibility index (Phi) is 2.93. The summed E-state index contributed by atoms with van der Waals surface area (Å²) < 4.78 is 3.07. The average molecular weight is 228 g/mol. The number of methoxy groups -OCH3 is 1. The van der Waals surface area contributed by atoms with Gasteiger partial charge in [0, 0.05) is 0 Å². The monoisotopic (exact) mass is 227 g/mol. The van der Waals surface area contributed by atoms with Crippen molar-refractivity contribution in [2.24, 2.45) is 0 Å². The third-order valence-corrected chi connectivity index (χ3v) is 1.49. The zero-order valence-corrected chi connectivity index (χ0v) is 8.23. The maximum absolute atomic E-state index is 5.51. The van der Waals surface area contributed by atoms with E-state index < -0.39 is 3.79 Å². The van der Waals surface area contributed by atoms with Crippen molar-refractivity contribution in [1.82, 2.24) is 15.0 Å². The highest BCUT2D eigenvalue weighted by Crippen LogP contribution is 2.35. The first-order valence-electron chi connectivity index (χ1n) is 2.84. The Balaban J connectivity index is 3.02. The van der Waals surface area contributed by atoms with Gasteiger partial charge in [-0.1, -0.05) is 34.8 Å². The standard InChI is InChI=1S/C5H4Cl3N3O/c1-12-4-10-2-9-3(11-4)5(6,7)8/h2H,1H3. The Morgan fingerprint density at radius 1 is 1.33 bits per heavy atom. The van der Waals surface area contributed by atoms with Crippen LogP contribution in [0.15, 0.2) is 6.33 Å². The van der Waals surface area contributed by atoms with Crippen LogP contribution >= 0.6 is 34.8 Å². The minimum atomic E-state index is -1.64. The van der Waals surface area contributed by atoms with Crippen LogP contribution in [0.4, 0.5) is 0 Å². The van der Waals surface area contributed by atoms with Gasteiger partial charge in [-0.05, 0) is 0 Å². The molecule has 1 aromatic heterocycles. The van der Waals surface area contributed by atoms with E-state index in [4.69, 9.17) is 39.5 Å². The van der Waals surface area contributed by atoms with Crippen LogP contribution in [0.2, 0.25) is 0 Å². The number of hydrogen-bond donors (Lipinski definition) is 0. The van der Waals surface area contributed by atoms with E-state index in [-0.39, 0.29) is 11.8 Å². The van der Waals surface area contributed by atoms with Gasteiger partial charge in [-0.2, -0.15) is 9.97 Å². The van der Waals surface area contributed by atoms with Gasteiger partial charge in [-0.15, -0.1) is 0 Å². The van der Waals surface area contributed by atoms with Crippen molar-refractivity contribution in [3.63, 3.8) is 0 Å². The molecule has 0 N–H and O–H groups in total. The molecular formula is C5H4Cl3N3O. The van der Waals surface area contributed by atoms with Crippen molar-refractivity contribution in [3.05, 3.63) is 12.2 Å². The first kappa shape index (κ1) is 9.77. The summed E-state index contributed by atoms with van der Waals surface area (Å²) in [5.41, 5.74) is 0. The lowest BCUT2D eigenvalue weighted by Crippen LogP contribution is -2.08. The smallest absolute Gasteiger partial charge is 0.319 e. The minimum absolute atomic E-state index is 0.0411. The predicted molar refractivity (Wildman–Crippen MR) is 45.6 cm³/mol. The number of hydrogen-bond acceptors (Lipinski definition) is 4. The molecule has 0 radical (unpaired) electrons. The zero-order valence-electron chi connectivity index (χ0n) is 5.96. The van der Waals surface area contributed by atoms with Crippen molar-refractivity contribution in [3.8, 4) is 6.01 Å². The molecule has 0 aromatic carbocycles. The number of halogens is 3. The Morgan fingerprint density at radius 2 is 2.00 bits per heavy atom. The van der Waals surface area contributed by atoms with Gasteiger partial charge >= 0.3 is 6.01 Å². The van der Waals surface area contributed by atoms with E-state index in [1.54, 1.807) is 0 Å². The van der Waals surface area contributed by atoms with Gasteiger partial charge in [0.15, 0.2) is 5.82 Å². The topological polar surface area (TPSA) is 47.9 Å². The van der Waals surface area contributed by atoms with Gasteiger partial charge in [-0.3, -0.25) is 0 Å². The number of ether oxygens (including phenoxy) is 1. The van der Waals surface area contributed by atoms with Gasteiger partial charge in [0.1, 0.15) is 6.33 Å². The fourth-order valence-electron chi connectivity index (χ4n) is 0.516. The zero-order chi connectivity index (χ0) is 9.19. The van der Waals surface area contributed by atoms with Gasteiger partial charge < -0.3 is 4.74 Å². The molecular weight excluding hydrogens is 224 g/mol. The van der Waals surface area contributed by atoms with Crippen molar-refractivity contribution in [2.75, 3.05) is 7.11 Å². The molecule has 1 aromatic rings. The van der Waals surface area contributed by atoms with Crippen molar-refractivity contribution in [2.45, 2.75) is 3.79 Å². The molecule has 0 unspecified atom stereocenters. The minimum Gasteiger partial charge on any atom is -0.467 e. The lowest BCUT2D eigenvalue weighted by molar-refractivity contribution is 0.375. The van der Waals surface area contributed by atoms with Crippen LogP contribution in [-0.4, -0.2) is 22.1 Å². The number of nitrogens with zero attached hydrogens (tertiary/aromatic N) is 3. The molecule has 1 heterocycles. The van der Waals surface area contributed by atoms with E-state index in [0.29, 0.717) is 0 Å². The molecule has 0 aliphatic heterocycles. The summed E-state index contributed by atoms with van der Waals surface area (Å²) >= 11 is 16.5. The molecule has 0 saturated heterocycles. The molecule has 66 valence electrons. The van der Waals surface area contributed by atoms with E-state index in [9.17, 15) is 0 Å². The van der Waals surface area contributed by atoms with Crippen molar-refractivity contribution < 1.29 is 4.74 Å². The van der Waals surface area contributed by atoms with E-state index in [1.165, 1.54) is 13.4 Å². The molecule has 12 heavy (non-hydrogen) atoms. The molecule has 1 rings (SSSR count). The summed E-state index contributed by atoms with van der Waals surface area (Å²) in [5, 5.41) is 0. The fraction of sp³-hybridized carbons (Fsp3) is 0.400. The molecule has 0 amide bonds. The highest BCUT2D eigenvalue weighted by atomic mass is 35.6. The highest BCUT2D eigenvalue weighted by Gasteiger charge is 2.27. The molecule has 0 atom stereocenters. The van der Waals surface area contributed by atoms with Crippen LogP contribution < -0.4 is 4.74 Å². The normalized spacial score (nSPS) is 11.3. The van der Waals surface area contributed by atoms with Crippen molar-refractivity contribution >= 4 is 34.8 Å². The van der Waals surface area contributed by atoms with E-state index in [1.807, 2.05) is 0 Å². The van der Waals surface area contributed by atoms with E-state index >= 15 is 0 Å². The molecule has 4 nitrogen and oxygen atoms in total. The molecule has 7 heteroatoms. The number of aromatic nitrogens is 3. The van der Waals surface area contributed by atoms with Gasteiger partial charge in [-0.25, -0.2) is 4.98 Å². The summed E-state index contributed by atoms with van der Waals surface area (Å²) in [6, 6.07) is 0.117. The van der Waals surface area contributed by atoms with Gasteiger partial charge in [0.2, 0.25) is 3.79 Å². The molecule has 0 bridgehead atoms. The van der Waals surface area contributed by atoms with Crippen LogP contribution in [-0.2, 0) is 3.79 Å². The lowest BCUT2D eigenvalue weighted by Gasteiger charge is -2.07. The quantitative estimate of drug-likeness (QED) is 0.687. The summed E-state index contributed by atoms with van der Waals surface area (Å²) in [5.74, 6) is 0.0411. The second kappa shape index (κ2) is 3.60. The number of rotatable bonds is 1. The van der Waals surface area contributed by atoms with Crippen LogP contribution in [0, 0.1) is 0 Å². The third kappa shape index (κ3) is 2.33. The fourth-order valence-corrected chi connectivity index (χ4v) is 0.789. The Bertz CT molecular complexity index is 275. The highest BCUT2D eigenvalue weighted by molar-refractivity contribution is 6.66. The Labute approximate surface area is 83.8 Å². The second-order valence-corrected chi connectivity index (χ2v) is 4.07. The first-order chi connectivity index (χ1) is 5.54. The third-order valence-electron chi connectivity index (χ3n) is 0.986. The maximum atomic E-state index is 5.51. The molecule has 0 spiro atoms. The summed E-state index contributed by atoms with van der Waals surface area (Å²) in [6.07, 6.45) is 1.21. The summed E-state index contributed by atoms with van der Waals surface area (Å²) in [7, 11) is 1.41. The molecule has 0 aliphatic carbocycles. The summed E-state index contributed by atoms with van der Waals surface area (Å²) in [6.45, 7) is 0. The molecule has 0 saturated carbocycles. The van der Waals surface area contributed by atoms with Crippen LogP contribution in [0.3, 0.4) is 0 Å². The average Bonchev–Trinajstić information content (AvgIpc) is 2.03. The SMILES string of the molecule is COc1ncnc(C(Cl)(Cl)Cl)n1. The van der Waals surface area contributed by atoms with Gasteiger partial charge in [0.05, 0.1) is 7.11 Å². The van der Waals surface area contributed by atoms with Gasteiger partial charge in [0.25, 0.3) is 0 Å². The Hall–Kier alpha value is -0.320. The molecule has 0 fully saturated rings. The summed E-state index contributed by atoms with van der Waals surface area (Å²) in [4.78, 5) is 11.0. The lowest BCUT2D eigenvalue weighted by atomic mass is 10.7. The Morgan fingerprint density at radius 3 is 2.50 bits per heavy atom. The first-order valence-corrected chi connectivity index (χ1v) is 3.97. The van der Waals surface area contributed by atoms with E-state index in [2.05, 4.69) is 15.0 Å². The van der Waals surface area contributed by atoms with Crippen LogP contribution in [0.1, 0.15) is 5.82 Å². The number of alkyl halides is 3. The maximum Gasteiger partial charge on any atom is 0.319 e. The largest absolute Gasteiger partial charge is 0.467 e. The predicted octanol–water partition coefficient (Wildman–Crippen LogP) is 1.71. The van der Waals surface area contributed by atoms with Crippen molar-refractivity contribution in [1.29, 1.82) is 0 Å². The van der Waals surface area contributed by atoms with E-state index in [0.717, 1.165) is 0 Å².